The van der Waals surface area contributed by atoms with Crippen molar-refractivity contribution in [1.82, 2.24) is 15.1 Å². The Morgan fingerprint density at radius 1 is 1.33 bits per heavy atom. The molecule has 0 saturated carbocycles. The third-order valence-corrected chi connectivity index (χ3v) is 4.57. The molecule has 0 fully saturated rings. The largest absolute Gasteiger partial charge is 0.493 e. The summed E-state index contributed by atoms with van der Waals surface area (Å²) in [4.78, 5) is 12.2. The Balaban J connectivity index is 1.90. The van der Waals surface area contributed by atoms with Crippen LogP contribution in [-0.2, 0) is 11.2 Å². The van der Waals surface area contributed by atoms with E-state index in [2.05, 4.69) is 26.3 Å². The first-order chi connectivity index (χ1) is 11.5. The summed E-state index contributed by atoms with van der Waals surface area (Å²) in [5.41, 5.74) is 1.93. The van der Waals surface area contributed by atoms with E-state index in [1.54, 1.807) is 18.9 Å². The van der Waals surface area contributed by atoms with Gasteiger partial charge in [-0.3, -0.25) is 9.48 Å². The quantitative estimate of drug-likeness (QED) is 0.782. The van der Waals surface area contributed by atoms with E-state index < -0.39 is 0 Å². The normalized spacial score (nSPS) is 11.9. The van der Waals surface area contributed by atoms with Crippen molar-refractivity contribution in [3.63, 3.8) is 0 Å². The standard InChI is InChI=1S/C17H22BrN3O3/c1-11-14(18)10-21(20-11)12(2)17(22)19-8-7-13-5-6-15(23-3)16(9-13)24-4/h5-6,9-10,12H,7-8H2,1-4H3,(H,19,22). The van der Waals surface area contributed by atoms with Gasteiger partial charge in [0.25, 0.3) is 0 Å². The fourth-order valence-electron chi connectivity index (χ4n) is 2.29. The molecule has 2 rings (SSSR count). The minimum Gasteiger partial charge on any atom is -0.493 e. The van der Waals surface area contributed by atoms with Crippen molar-refractivity contribution in [2.24, 2.45) is 0 Å². The lowest BCUT2D eigenvalue weighted by atomic mass is 10.1. The van der Waals surface area contributed by atoms with Crippen LogP contribution in [-0.4, -0.2) is 36.5 Å². The molecule has 2 aromatic rings. The average Bonchev–Trinajstić information content (AvgIpc) is 2.92. The molecule has 1 aromatic carbocycles. The number of ether oxygens (including phenoxy) is 2. The molecule has 7 heteroatoms. The zero-order chi connectivity index (χ0) is 17.7. The Morgan fingerprint density at radius 2 is 2.04 bits per heavy atom. The number of aromatic nitrogens is 2. The summed E-state index contributed by atoms with van der Waals surface area (Å²) in [5.74, 6) is 1.32. The highest BCUT2D eigenvalue weighted by Crippen LogP contribution is 2.27. The van der Waals surface area contributed by atoms with E-state index in [9.17, 15) is 4.79 Å². The summed E-state index contributed by atoms with van der Waals surface area (Å²) in [6.45, 7) is 4.26. The minimum atomic E-state index is -0.361. The number of hydrogen-bond acceptors (Lipinski definition) is 4. The van der Waals surface area contributed by atoms with Crippen LogP contribution in [0.5, 0.6) is 11.5 Å². The van der Waals surface area contributed by atoms with Crippen molar-refractivity contribution >= 4 is 21.8 Å². The molecule has 0 saturated heterocycles. The van der Waals surface area contributed by atoms with Crippen LogP contribution < -0.4 is 14.8 Å². The molecule has 1 amide bonds. The maximum Gasteiger partial charge on any atom is 0.244 e. The van der Waals surface area contributed by atoms with Gasteiger partial charge in [-0.15, -0.1) is 0 Å². The number of halogens is 1. The number of amides is 1. The summed E-state index contributed by atoms with van der Waals surface area (Å²) < 4.78 is 13.1. The van der Waals surface area contributed by atoms with Gasteiger partial charge in [0.2, 0.25) is 5.91 Å². The molecule has 1 unspecified atom stereocenters. The summed E-state index contributed by atoms with van der Waals surface area (Å²) in [6.07, 6.45) is 2.52. The second-order valence-corrected chi connectivity index (χ2v) is 6.30. The van der Waals surface area contributed by atoms with E-state index in [1.807, 2.05) is 38.2 Å². The number of hydrogen-bond donors (Lipinski definition) is 1. The first-order valence-electron chi connectivity index (χ1n) is 7.66. The van der Waals surface area contributed by atoms with Crippen LogP contribution in [0.4, 0.5) is 0 Å². The predicted octanol–water partition coefficient (Wildman–Crippen LogP) is 2.89. The Hall–Kier alpha value is -2.02. The fourth-order valence-corrected chi connectivity index (χ4v) is 2.58. The highest BCUT2D eigenvalue weighted by Gasteiger charge is 2.16. The van der Waals surface area contributed by atoms with Gasteiger partial charge in [-0.2, -0.15) is 5.10 Å². The van der Waals surface area contributed by atoms with Crippen molar-refractivity contribution in [2.75, 3.05) is 20.8 Å². The van der Waals surface area contributed by atoms with Crippen LogP contribution >= 0.6 is 15.9 Å². The number of nitrogens with one attached hydrogen (secondary N) is 1. The molecule has 0 spiro atoms. The summed E-state index contributed by atoms with van der Waals surface area (Å²) >= 11 is 3.40. The molecule has 0 aliphatic heterocycles. The van der Waals surface area contributed by atoms with Gasteiger partial charge in [0.1, 0.15) is 6.04 Å². The van der Waals surface area contributed by atoms with Crippen molar-refractivity contribution in [1.29, 1.82) is 0 Å². The number of nitrogens with zero attached hydrogens (tertiary/aromatic N) is 2. The van der Waals surface area contributed by atoms with Crippen molar-refractivity contribution in [3.8, 4) is 11.5 Å². The maximum atomic E-state index is 12.2. The predicted molar refractivity (Wildman–Crippen MR) is 95.6 cm³/mol. The topological polar surface area (TPSA) is 65.4 Å². The molecule has 1 heterocycles. The van der Waals surface area contributed by atoms with E-state index in [4.69, 9.17) is 9.47 Å². The van der Waals surface area contributed by atoms with Crippen LogP contribution in [0.2, 0.25) is 0 Å². The number of methoxy groups -OCH3 is 2. The fraction of sp³-hybridized carbons (Fsp3) is 0.412. The van der Waals surface area contributed by atoms with Crippen molar-refractivity contribution < 1.29 is 14.3 Å². The van der Waals surface area contributed by atoms with Crippen LogP contribution in [0.3, 0.4) is 0 Å². The molecular formula is C17H22BrN3O3. The first kappa shape index (κ1) is 18.3. The zero-order valence-electron chi connectivity index (χ0n) is 14.3. The Labute approximate surface area is 150 Å². The molecule has 1 aromatic heterocycles. The third kappa shape index (κ3) is 4.29. The van der Waals surface area contributed by atoms with Crippen molar-refractivity contribution in [2.45, 2.75) is 26.3 Å². The number of rotatable bonds is 7. The maximum absolute atomic E-state index is 12.2. The Bertz CT molecular complexity index is 696. The SMILES string of the molecule is COc1ccc(CCNC(=O)C(C)n2cc(Br)c(C)n2)cc1OC. The van der Waals surface area contributed by atoms with Crippen LogP contribution in [0.15, 0.2) is 28.9 Å². The second kappa shape index (κ2) is 8.19. The van der Waals surface area contributed by atoms with Gasteiger partial charge in [0.05, 0.1) is 24.4 Å². The van der Waals surface area contributed by atoms with E-state index >= 15 is 0 Å². The number of benzene rings is 1. The second-order valence-electron chi connectivity index (χ2n) is 5.45. The molecule has 0 radical (unpaired) electrons. The van der Waals surface area contributed by atoms with Gasteiger partial charge in [-0.25, -0.2) is 0 Å². The van der Waals surface area contributed by atoms with Gasteiger partial charge in [0.15, 0.2) is 11.5 Å². The molecule has 1 N–H and O–H groups in total. The number of carbonyl (C=O) groups excluding carboxylic acids is 1. The molecule has 0 aliphatic rings. The van der Waals surface area contributed by atoms with Crippen LogP contribution in [0.25, 0.3) is 0 Å². The van der Waals surface area contributed by atoms with E-state index in [0.29, 0.717) is 24.5 Å². The molecule has 1 atom stereocenters. The third-order valence-electron chi connectivity index (χ3n) is 3.79. The highest BCUT2D eigenvalue weighted by atomic mass is 79.9. The monoisotopic (exact) mass is 395 g/mol. The van der Waals surface area contributed by atoms with Gasteiger partial charge in [-0.1, -0.05) is 6.07 Å². The van der Waals surface area contributed by atoms with E-state index in [0.717, 1.165) is 15.7 Å². The molecule has 0 bridgehead atoms. The van der Waals surface area contributed by atoms with Crippen molar-refractivity contribution in [3.05, 3.63) is 40.1 Å². The minimum absolute atomic E-state index is 0.0644. The Morgan fingerprint density at radius 3 is 2.62 bits per heavy atom. The summed E-state index contributed by atoms with van der Waals surface area (Å²) in [5, 5.41) is 7.25. The molecule has 6 nitrogen and oxygen atoms in total. The molecule has 130 valence electrons. The molecule has 24 heavy (non-hydrogen) atoms. The summed E-state index contributed by atoms with van der Waals surface area (Å²) in [7, 11) is 3.21. The van der Waals surface area contributed by atoms with Gasteiger partial charge in [-0.05, 0) is 53.9 Å². The average molecular weight is 396 g/mol. The van der Waals surface area contributed by atoms with Crippen LogP contribution in [0.1, 0.15) is 24.2 Å². The van der Waals surface area contributed by atoms with E-state index in [1.165, 1.54) is 0 Å². The summed E-state index contributed by atoms with van der Waals surface area (Å²) in [6, 6.07) is 5.39. The highest BCUT2D eigenvalue weighted by molar-refractivity contribution is 9.10. The van der Waals surface area contributed by atoms with E-state index in [-0.39, 0.29) is 11.9 Å². The number of carbonyl (C=O) groups is 1. The Kier molecular flexibility index (Phi) is 6.25. The van der Waals surface area contributed by atoms with Gasteiger partial charge >= 0.3 is 0 Å². The van der Waals surface area contributed by atoms with Gasteiger partial charge < -0.3 is 14.8 Å². The lowest BCUT2D eigenvalue weighted by Gasteiger charge is -2.13. The first-order valence-corrected chi connectivity index (χ1v) is 8.45. The lowest BCUT2D eigenvalue weighted by molar-refractivity contribution is -0.124. The smallest absolute Gasteiger partial charge is 0.244 e. The van der Waals surface area contributed by atoms with Gasteiger partial charge in [0, 0.05) is 12.7 Å². The zero-order valence-corrected chi connectivity index (χ0v) is 15.9. The number of aryl methyl sites for hydroxylation is 1. The lowest BCUT2D eigenvalue weighted by Crippen LogP contribution is -2.32. The molecular weight excluding hydrogens is 374 g/mol. The van der Waals surface area contributed by atoms with Crippen LogP contribution in [0, 0.1) is 6.92 Å². The molecule has 0 aliphatic carbocycles.